The van der Waals surface area contributed by atoms with Crippen molar-refractivity contribution in [2.75, 3.05) is 17.6 Å². The summed E-state index contributed by atoms with van der Waals surface area (Å²) in [6.07, 6.45) is -3.36. The minimum Gasteiger partial charge on any atom is -0.392 e. The van der Waals surface area contributed by atoms with E-state index in [-0.39, 0.29) is 31.8 Å². The molecule has 0 saturated carbocycles. The normalized spacial score (nSPS) is 22.6. The van der Waals surface area contributed by atoms with Crippen LogP contribution in [0.4, 0.5) is 18.9 Å². The van der Waals surface area contributed by atoms with Gasteiger partial charge in [-0.2, -0.15) is 13.2 Å². The fourth-order valence-electron chi connectivity index (χ4n) is 5.03. The molecule has 5 rings (SSSR count). The SMILES string of the molecule is O=C(Nc1ccc([C@H]2O[C@@H](CSc3ccccn3)C[C@@H](c3ccc(CO)cc3)O2)cc1)[C@@H]1CCCN1C(=O)C(F)(F)F. The van der Waals surface area contributed by atoms with E-state index in [4.69, 9.17) is 9.47 Å². The predicted octanol–water partition coefficient (Wildman–Crippen LogP) is 5.40. The molecule has 222 valence electrons. The Labute approximate surface area is 245 Å². The molecule has 2 aromatic carbocycles. The summed E-state index contributed by atoms with van der Waals surface area (Å²) in [5, 5.41) is 12.9. The number of aliphatic hydroxyl groups is 1. The molecule has 0 radical (unpaired) electrons. The van der Waals surface area contributed by atoms with E-state index in [1.54, 1.807) is 42.2 Å². The van der Waals surface area contributed by atoms with Crippen LogP contribution in [-0.2, 0) is 25.7 Å². The molecule has 2 fully saturated rings. The van der Waals surface area contributed by atoms with E-state index < -0.39 is 30.3 Å². The molecule has 12 heteroatoms. The van der Waals surface area contributed by atoms with Crippen molar-refractivity contribution in [2.24, 2.45) is 0 Å². The van der Waals surface area contributed by atoms with Gasteiger partial charge in [0.15, 0.2) is 6.29 Å². The van der Waals surface area contributed by atoms with Gasteiger partial charge in [-0.3, -0.25) is 9.59 Å². The topological polar surface area (TPSA) is 101 Å². The predicted molar refractivity (Wildman–Crippen MR) is 149 cm³/mol. The summed E-state index contributed by atoms with van der Waals surface area (Å²) in [5.41, 5.74) is 2.83. The van der Waals surface area contributed by atoms with Crippen molar-refractivity contribution in [3.63, 3.8) is 0 Å². The Morgan fingerprint density at radius 1 is 1.02 bits per heavy atom. The van der Waals surface area contributed by atoms with Gasteiger partial charge < -0.3 is 24.8 Å². The first-order valence-corrected chi connectivity index (χ1v) is 14.5. The maximum absolute atomic E-state index is 13.0. The smallest absolute Gasteiger partial charge is 0.392 e. The zero-order valence-electron chi connectivity index (χ0n) is 22.5. The van der Waals surface area contributed by atoms with E-state index in [9.17, 15) is 27.9 Å². The number of amides is 2. The number of anilines is 1. The maximum atomic E-state index is 13.0. The zero-order valence-corrected chi connectivity index (χ0v) is 23.3. The minimum atomic E-state index is -5.03. The Kier molecular flexibility index (Phi) is 9.47. The highest BCUT2D eigenvalue weighted by Gasteiger charge is 2.47. The number of hydrogen-bond donors (Lipinski definition) is 2. The Hall–Kier alpha value is -3.45. The fourth-order valence-corrected chi connectivity index (χ4v) is 5.91. The summed E-state index contributed by atoms with van der Waals surface area (Å²) in [6.45, 7) is -0.170. The van der Waals surface area contributed by atoms with Gasteiger partial charge in [-0.15, -0.1) is 11.8 Å². The Balaban J connectivity index is 1.28. The van der Waals surface area contributed by atoms with Crippen molar-refractivity contribution >= 4 is 29.3 Å². The molecule has 0 spiro atoms. The van der Waals surface area contributed by atoms with Crippen LogP contribution in [0.3, 0.4) is 0 Å². The monoisotopic (exact) mass is 601 g/mol. The Morgan fingerprint density at radius 3 is 2.43 bits per heavy atom. The summed E-state index contributed by atoms with van der Waals surface area (Å²) in [6, 6.07) is 18.8. The molecule has 2 aliphatic rings. The van der Waals surface area contributed by atoms with Crippen LogP contribution >= 0.6 is 11.8 Å². The lowest BCUT2D eigenvalue weighted by Gasteiger charge is -2.36. The molecule has 2 N–H and O–H groups in total. The quantitative estimate of drug-likeness (QED) is 0.334. The Bertz CT molecular complexity index is 1360. The molecule has 0 bridgehead atoms. The van der Waals surface area contributed by atoms with E-state index in [0.717, 1.165) is 16.2 Å². The first-order valence-electron chi connectivity index (χ1n) is 13.5. The van der Waals surface area contributed by atoms with Crippen molar-refractivity contribution in [1.82, 2.24) is 9.88 Å². The van der Waals surface area contributed by atoms with Crippen molar-refractivity contribution in [2.45, 2.75) is 61.6 Å². The third kappa shape index (κ3) is 7.30. The number of halogens is 3. The second-order valence-electron chi connectivity index (χ2n) is 10.1. The third-order valence-electron chi connectivity index (χ3n) is 7.18. The number of nitrogens with zero attached hydrogens (tertiary/aromatic N) is 2. The molecule has 42 heavy (non-hydrogen) atoms. The molecule has 1 aromatic heterocycles. The van der Waals surface area contributed by atoms with Gasteiger partial charge in [0.25, 0.3) is 0 Å². The number of thioether (sulfide) groups is 1. The Morgan fingerprint density at radius 2 is 1.76 bits per heavy atom. The number of aromatic nitrogens is 1. The number of carbonyl (C=O) groups excluding carboxylic acids is 2. The highest BCUT2D eigenvalue weighted by Crippen LogP contribution is 2.39. The number of alkyl halides is 3. The van der Waals surface area contributed by atoms with Crippen LogP contribution in [0.15, 0.2) is 78.0 Å². The molecule has 8 nitrogen and oxygen atoms in total. The second-order valence-corrected chi connectivity index (χ2v) is 11.1. The van der Waals surface area contributed by atoms with Crippen LogP contribution in [0.5, 0.6) is 0 Å². The molecule has 2 aliphatic heterocycles. The average Bonchev–Trinajstić information content (AvgIpc) is 3.50. The summed E-state index contributed by atoms with van der Waals surface area (Å²) in [4.78, 5) is 29.5. The average molecular weight is 602 g/mol. The van der Waals surface area contributed by atoms with Gasteiger partial charge in [0.1, 0.15) is 6.04 Å². The summed E-state index contributed by atoms with van der Waals surface area (Å²) in [7, 11) is 0. The lowest BCUT2D eigenvalue weighted by molar-refractivity contribution is -0.245. The molecular formula is C30H30F3N3O5S. The van der Waals surface area contributed by atoms with Gasteiger partial charge in [-0.25, -0.2) is 4.98 Å². The number of aliphatic hydroxyl groups excluding tert-OH is 1. The molecule has 2 saturated heterocycles. The van der Waals surface area contributed by atoms with Gasteiger partial charge in [-0.05, 0) is 48.2 Å². The largest absolute Gasteiger partial charge is 0.471 e. The number of likely N-dealkylation sites (tertiary alicyclic amines) is 1. The van der Waals surface area contributed by atoms with Crippen molar-refractivity contribution in [3.05, 3.63) is 89.6 Å². The van der Waals surface area contributed by atoms with E-state index >= 15 is 0 Å². The number of benzene rings is 2. The number of carbonyl (C=O) groups is 2. The number of ether oxygens (including phenoxy) is 2. The van der Waals surface area contributed by atoms with Crippen molar-refractivity contribution in [1.29, 1.82) is 0 Å². The molecule has 3 heterocycles. The lowest BCUT2D eigenvalue weighted by atomic mass is 10.0. The zero-order chi connectivity index (χ0) is 29.7. The molecular weight excluding hydrogens is 571 g/mol. The summed E-state index contributed by atoms with van der Waals surface area (Å²) >= 11 is 1.58. The van der Waals surface area contributed by atoms with Crippen LogP contribution in [0.2, 0.25) is 0 Å². The number of hydrogen-bond acceptors (Lipinski definition) is 7. The van der Waals surface area contributed by atoms with Crippen LogP contribution in [0.25, 0.3) is 0 Å². The van der Waals surface area contributed by atoms with Crippen LogP contribution in [-0.4, -0.2) is 57.4 Å². The third-order valence-corrected chi connectivity index (χ3v) is 8.25. The lowest BCUT2D eigenvalue weighted by Crippen LogP contribution is -2.48. The van der Waals surface area contributed by atoms with Crippen molar-refractivity contribution in [3.8, 4) is 0 Å². The highest BCUT2D eigenvalue weighted by molar-refractivity contribution is 7.99. The van der Waals surface area contributed by atoms with Crippen LogP contribution < -0.4 is 5.32 Å². The molecule has 0 unspecified atom stereocenters. The van der Waals surface area contributed by atoms with Gasteiger partial charge >= 0.3 is 12.1 Å². The fraction of sp³-hybridized carbons (Fsp3) is 0.367. The van der Waals surface area contributed by atoms with E-state index in [1.165, 1.54) is 0 Å². The first kappa shape index (κ1) is 30.0. The van der Waals surface area contributed by atoms with Crippen LogP contribution in [0, 0.1) is 0 Å². The standard InChI is InChI=1S/C30H30F3N3O5S/c31-30(32,33)29(39)36-15-3-4-24(36)27(38)35-22-12-10-21(11-13-22)28-40-23(18-42-26-5-1-2-14-34-26)16-25(41-28)20-8-6-19(17-37)7-9-20/h1-2,5-14,23-25,28,37H,3-4,15-18H2,(H,35,38)/t23-,24+,25+,28+/m1/s1. The first-order chi connectivity index (χ1) is 20.2. The summed E-state index contributed by atoms with van der Waals surface area (Å²) < 4.78 is 51.5. The van der Waals surface area contributed by atoms with Crippen molar-refractivity contribution < 1.29 is 37.3 Å². The van der Waals surface area contributed by atoms with E-state index in [1.807, 2.05) is 42.5 Å². The number of pyridine rings is 1. The molecule has 4 atom stereocenters. The molecule has 3 aromatic rings. The van der Waals surface area contributed by atoms with E-state index in [0.29, 0.717) is 34.7 Å². The number of nitrogens with one attached hydrogen (secondary N) is 1. The summed E-state index contributed by atoms with van der Waals surface area (Å²) in [5.74, 6) is -2.02. The number of rotatable bonds is 8. The molecule has 2 amide bonds. The molecule has 0 aliphatic carbocycles. The van der Waals surface area contributed by atoms with Gasteiger partial charge in [0.2, 0.25) is 5.91 Å². The van der Waals surface area contributed by atoms with Gasteiger partial charge in [0.05, 0.1) is 23.8 Å². The van der Waals surface area contributed by atoms with E-state index in [2.05, 4.69) is 10.3 Å². The highest BCUT2D eigenvalue weighted by atomic mass is 32.2. The minimum absolute atomic E-state index is 0.0544. The maximum Gasteiger partial charge on any atom is 0.471 e. The van der Waals surface area contributed by atoms with Gasteiger partial charge in [-0.1, -0.05) is 42.5 Å². The van der Waals surface area contributed by atoms with Crippen LogP contribution in [0.1, 0.15) is 48.3 Å². The second kappa shape index (κ2) is 13.2. The van der Waals surface area contributed by atoms with Gasteiger partial charge in [0, 0.05) is 36.2 Å².